The van der Waals surface area contributed by atoms with E-state index in [0.717, 1.165) is 24.3 Å². The molecule has 0 radical (unpaired) electrons. The molecule has 0 aliphatic heterocycles. The van der Waals surface area contributed by atoms with E-state index in [1.807, 2.05) is 0 Å². The van der Waals surface area contributed by atoms with Crippen molar-refractivity contribution in [3.63, 3.8) is 0 Å². The normalized spacial score (nSPS) is 31.5. The minimum atomic E-state index is 0.511. The number of hydrogen-bond donors (Lipinski definition) is 1. The van der Waals surface area contributed by atoms with Crippen LogP contribution in [-0.2, 0) is 0 Å². The number of nitrogens with two attached hydrogens (primary N) is 1. The minimum absolute atomic E-state index is 0.511. The molecule has 0 spiro atoms. The molecule has 0 aromatic carbocycles. The van der Waals surface area contributed by atoms with Crippen LogP contribution in [0.15, 0.2) is 0 Å². The summed E-state index contributed by atoms with van der Waals surface area (Å²) in [5.74, 6) is 2.57. The quantitative estimate of drug-likeness (QED) is 0.721. The maximum Gasteiger partial charge on any atom is -0.00489 e. The Morgan fingerprint density at radius 3 is 2.00 bits per heavy atom. The monoisotopic (exact) mass is 197 g/mol. The van der Waals surface area contributed by atoms with Gasteiger partial charge in [0.05, 0.1) is 0 Å². The molecule has 1 heteroatoms. The summed E-state index contributed by atoms with van der Waals surface area (Å²) in [5.41, 5.74) is 6.23. The third kappa shape index (κ3) is 2.98. The SMILES string of the molecule is CC(CN)C1CCC(C(C)(C)C)CC1. The molecular formula is C13H27N. The highest BCUT2D eigenvalue weighted by Crippen LogP contribution is 2.41. The van der Waals surface area contributed by atoms with Crippen molar-refractivity contribution in [3.8, 4) is 0 Å². The molecule has 1 nitrogen and oxygen atoms in total. The lowest BCUT2D eigenvalue weighted by Gasteiger charge is -2.38. The third-order valence-corrected chi connectivity index (χ3v) is 4.17. The average molecular weight is 197 g/mol. The fourth-order valence-electron chi connectivity index (χ4n) is 2.75. The lowest BCUT2D eigenvalue weighted by Crippen LogP contribution is -2.30. The van der Waals surface area contributed by atoms with E-state index in [2.05, 4.69) is 27.7 Å². The van der Waals surface area contributed by atoms with Gasteiger partial charge >= 0.3 is 0 Å². The summed E-state index contributed by atoms with van der Waals surface area (Å²) in [5, 5.41) is 0. The highest BCUT2D eigenvalue weighted by atomic mass is 14.6. The topological polar surface area (TPSA) is 26.0 Å². The summed E-state index contributed by atoms with van der Waals surface area (Å²) in [4.78, 5) is 0. The lowest BCUT2D eigenvalue weighted by atomic mass is 9.68. The third-order valence-electron chi connectivity index (χ3n) is 4.17. The van der Waals surface area contributed by atoms with Crippen LogP contribution in [-0.4, -0.2) is 6.54 Å². The van der Waals surface area contributed by atoms with Crippen molar-refractivity contribution in [1.82, 2.24) is 0 Å². The van der Waals surface area contributed by atoms with Crippen LogP contribution in [0, 0.1) is 23.2 Å². The molecule has 0 bridgehead atoms. The predicted molar refractivity (Wildman–Crippen MR) is 63.1 cm³/mol. The van der Waals surface area contributed by atoms with E-state index >= 15 is 0 Å². The Morgan fingerprint density at radius 2 is 1.64 bits per heavy atom. The predicted octanol–water partition coefficient (Wildman–Crippen LogP) is 3.43. The summed E-state index contributed by atoms with van der Waals surface area (Å²) in [6.07, 6.45) is 5.64. The van der Waals surface area contributed by atoms with E-state index in [0.29, 0.717) is 5.41 Å². The molecule has 0 amide bonds. The Balaban J connectivity index is 2.39. The van der Waals surface area contributed by atoms with E-state index in [9.17, 15) is 0 Å². The molecule has 1 fully saturated rings. The zero-order valence-corrected chi connectivity index (χ0v) is 10.3. The van der Waals surface area contributed by atoms with Crippen molar-refractivity contribution in [1.29, 1.82) is 0 Å². The molecule has 1 rings (SSSR count). The Kier molecular flexibility index (Phi) is 4.00. The molecule has 0 aromatic rings. The highest BCUT2D eigenvalue weighted by Gasteiger charge is 2.30. The summed E-state index contributed by atoms with van der Waals surface area (Å²) in [6.45, 7) is 10.3. The Labute approximate surface area is 89.5 Å². The smallest absolute Gasteiger partial charge is 0.00489 e. The van der Waals surface area contributed by atoms with E-state index in [4.69, 9.17) is 5.73 Å². The lowest BCUT2D eigenvalue weighted by molar-refractivity contribution is 0.129. The summed E-state index contributed by atoms with van der Waals surface area (Å²) in [6, 6.07) is 0. The van der Waals surface area contributed by atoms with E-state index in [1.165, 1.54) is 25.7 Å². The fraction of sp³-hybridized carbons (Fsp3) is 1.00. The number of rotatable bonds is 2. The van der Waals surface area contributed by atoms with Gasteiger partial charge in [-0.05, 0) is 55.4 Å². The molecule has 0 heterocycles. The average Bonchev–Trinajstić information content (AvgIpc) is 2.15. The molecule has 0 aromatic heterocycles. The van der Waals surface area contributed by atoms with Crippen LogP contribution in [0.4, 0.5) is 0 Å². The highest BCUT2D eigenvalue weighted by molar-refractivity contribution is 4.82. The summed E-state index contributed by atoms with van der Waals surface area (Å²) >= 11 is 0. The van der Waals surface area contributed by atoms with Gasteiger partial charge < -0.3 is 5.73 Å². The van der Waals surface area contributed by atoms with Crippen molar-refractivity contribution in [2.75, 3.05) is 6.54 Å². The van der Waals surface area contributed by atoms with Gasteiger partial charge in [-0.2, -0.15) is 0 Å². The van der Waals surface area contributed by atoms with Gasteiger partial charge in [-0.3, -0.25) is 0 Å². The Bertz CT molecular complexity index is 161. The van der Waals surface area contributed by atoms with Crippen LogP contribution < -0.4 is 5.73 Å². The van der Waals surface area contributed by atoms with Crippen LogP contribution in [0.25, 0.3) is 0 Å². The maximum absolute atomic E-state index is 5.72. The minimum Gasteiger partial charge on any atom is -0.330 e. The second-order valence-corrected chi connectivity index (χ2v) is 6.19. The fourth-order valence-corrected chi connectivity index (χ4v) is 2.75. The van der Waals surface area contributed by atoms with E-state index in [-0.39, 0.29) is 0 Å². The molecule has 1 saturated carbocycles. The molecule has 1 atom stereocenters. The Morgan fingerprint density at radius 1 is 1.14 bits per heavy atom. The van der Waals surface area contributed by atoms with Crippen molar-refractivity contribution in [3.05, 3.63) is 0 Å². The Hall–Kier alpha value is -0.0400. The first-order chi connectivity index (χ1) is 6.45. The second-order valence-electron chi connectivity index (χ2n) is 6.19. The first-order valence-corrected chi connectivity index (χ1v) is 6.15. The van der Waals surface area contributed by atoms with Gasteiger partial charge in [0.15, 0.2) is 0 Å². The molecule has 2 N–H and O–H groups in total. The van der Waals surface area contributed by atoms with Crippen LogP contribution in [0.3, 0.4) is 0 Å². The zero-order valence-electron chi connectivity index (χ0n) is 10.3. The van der Waals surface area contributed by atoms with Crippen LogP contribution >= 0.6 is 0 Å². The van der Waals surface area contributed by atoms with Gasteiger partial charge in [0.2, 0.25) is 0 Å². The number of hydrogen-bond acceptors (Lipinski definition) is 1. The maximum atomic E-state index is 5.72. The van der Waals surface area contributed by atoms with Crippen molar-refractivity contribution < 1.29 is 0 Å². The van der Waals surface area contributed by atoms with Crippen molar-refractivity contribution in [2.24, 2.45) is 28.9 Å². The van der Waals surface area contributed by atoms with Crippen LogP contribution in [0.1, 0.15) is 53.4 Å². The molecule has 84 valence electrons. The van der Waals surface area contributed by atoms with Gasteiger partial charge in [0, 0.05) is 0 Å². The van der Waals surface area contributed by atoms with Gasteiger partial charge in [0.1, 0.15) is 0 Å². The van der Waals surface area contributed by atoms with Crippen LogP contribution in [0.5, 0.6) is 0 Å². The largest absolute Gasteiger partial charge is 0.330 e. The first kappa shape index (κ1) is 12.0. The van der Waals surface area contributed by atoms with Crippen molar-refractivity contribution >= 4 is 0 Å². The van der Waals surface area contributed by atoms with Crippen molar-refractivity contribution in [2.45, 2.75) is 53.4 Å². The van der Waals surface area contributed by atoms with E-state index < -0.39 is 0 Å². The standard InChI is InChI=1S/C13H27N/c1-10(9-14)11-5-7-12(8-6-11)13(2,3)4/h10-12H,5-9,14H2,1-4H3. The molecule has 1 aliphatic carbocycles. The van der Waals surface area contributed by atoms with E-state index in [1.54, 1.807) is 0 Å². The summed E-state index contributed by atoms with van der Waals surface area (Å²) < 4.78 is 0. The molecule has 0 saturated heterocycles. The molecule has 1 unspecified atom stereocenters. The summed E-state index contributed by atoms with van der Waals surface area (Å²) in [7, 11) is 0. The van der Waals surface area contributed by atoms with Gasteiger partial charge in [-0.15, -0.1) is 0 Å². The van der Waals surface area contributed by atoms with Gasteiger partial charge in [0.25, 0.3) is 0 Å². The molecular weight excluding hydrogens is 170 g/mol. The first-order valence-electron chi connectivity index (χ1n) is 6.15. The second kappa shape index (κ2) is 4.65. The van der Waals surface area contributed by atoms with Gasteiger partial charge in [-0.1, -0.05) is 27.7 Å². The molecule has 1 aliphatic rings. The zero-order chi connectivity index (χ0) is 10.8. The van der Waals surface area contributed by atoms with Crippen LogP contribution in [0.2, 0.25) is 0 Å². The van der Waals surface area contributed by atoms with Gasteiger partial charge in [-0.25, -0.2) is 0 Å². The molecule has 14 heavy (non-hydrogen) atoms.